The van der Waals surface area contributed by atoms with E-state index < -0.39 is 0 Å². The van der Waals surface area contributed by atoms with Crippen molar-refractivity contribution >= 4 is 5.91 Å². The second-order valence-electron chi connectivity index (χ2n) is 7.08. The number of amides is 1. The first kappa shape index (κ1) is 18.8. The van der Waals surface area contributed by atoms with Gasteiger partial charge in [-0.1, -0.05) is 20.3 Å². The number of rotatable bonds is 7. The molecule has 0 bridgehead atoms. The Balaban J connectivity index is 1.90. The summed E-state index contributed by atoms with van der Waals surface area (Å²) in [6.45, 7) is 10.4. The van der Waals surface area contributed by atoms with Crippen LogP contribution in [0.15, 0.2) is 12.1 Å². The predicted molar refractivity (Wildman–Crippen MR) is 99.1 cm³/mol. The number of hydrogen-bond donors (Lipinski definition) is 1. The van der Waals surface area contributed by atoms with E-state index in [2.05, 4.69) is 24.1 Å². The van der Waals surface area contributed by atoms with Crippen LogP contribution in [0.1, 0.15) is 66.9 Å². The van der Waals surface area contributed by atoms with Gasteiger partial charge >= 0.3 is 0 Å². The minimum Gasteiger partial charge on any atom is -0.496 e. The van der Waals surface area contributed by atoms with Crippen LogP contribution in [0.5, 0.6) is 5.75 Å². The molecule has 1 aromatic rings. The first-order chi connectivity index (χ1) is 11.5. The minimum absolute atomic E-state index is 0.0238. The largest absolute Gasteiger partial charge is 0.496 e. The van der Waals surface area contributed by atoms with Crippen LogP contribution in [0.3, 0.4) is 0 Å². The summed E-state index contributed by atoms with van der Waals surface area (Å²) in [7, 11) is 1.68. The molecule has 4 heteroatoms. The van der Waals surface area contributed by atoms with Crippen molar-refractivity contribution in [1.29, 1.82) is 0 Å². The summed E-state index contributed by atoms with van der Waals surface area (Å²) < 4.78 is 5.45. The van der Waals surface area contributed by atoms with Crippen molar-refractivity contribution in [3.8, 4) is 5.75 Å². The maximum absolute atomic E-state index is 12.5. The van der Waals surface area contributed by atoms with E-state index in [1.54, 1.807) is 7.11 Å². The lowest BCUT2D eigenvalue weighted by Crippen LogP contribution is -2.33. The van der Waals surface area contributed by atoms with E-state index >= 15 is 0 Å². The Kier molecular flexibility index (Phi) is 7.10. The van der Waals surface area contributed by atoms with Crippen LogP contribution in [0.4, 0.5) is 0 Å². The monoisotopic (exact) mass is 332 g/mol. The zero-order chi connectivity index (χ0) is 17.5. The molecule has 0 saturated carbocycles. The quantitative estimate of drug-likeness (QED) is 0.774. The van der Waals surface area contributed by atoms with Gasteiger partial charge in [-0.25, -0.2) is 0 Å². The minimum atomic E-state index is 0.0238. The molecule has 1 aliphatic rings. The highest BCUT2D eigenvalue weighted by atomic mass is 16.5. The average Bonchev–Trinajstić information content (AvgIpc) is 2.58. The molecule has 1 aliphatic heterocycles. The normalized spacial score (nSPS) is 15.5. The van der Waals surface area contributed by atoms with Crippen molar-refractivity contribution in [3.05, 3.63) is 28.8 Å². The number of nitrogens with zero attached hydrogens (tertiary/aromatic N) is 1. The van der Waals surface area contributed by atoms with E-state index in [1.165, 1.54) is 32.4 Å². The molecule has 1 aromatic carbocycles. The van der Waals surface area contributed by atoms with Crippen molar-refractivity contribution in [2.75, 3.05) is 33.3 Å². The van der Waals surface area contributed by atoms with Gasteiger partial charge in [0.05, 0.1) is 7.11 Å². The maximum Gasteiger partial charge on any atom is 0.251 e. The smallest absolute Gasteiger partial charge is 0.251 e. The SMILES string of the molecule is COc1cc(C)c(C(=O)NCCCN2CCCCC2)cc1C(C)C. The lowest BCUT2D eigenvalue weighted by Gasteiger charge is -2.26. The van der Waals surface area contributed by atoms with Gasteiger partial charge in [0.1, 0.15) is 5.75 Å². The molecule has 24 heavy (non-hydrogen) atoms. The number of piperidine rings is 1. The summed E-state index contributed by atoms with van der Waals surface area (Å²) in [5, 5.41) is 3.08. The molecular weight excluding hydrogens is 300 g/mol. The summed E-state index contributed by atoms with van der Waals surface area (Å²) in [4.78, 5) is 15.0. The Morgan fingerprint density at radius 1 is 1.25 bits per heavy atom. The van der Waals surface area contributed by atoms with Crippen molar-refractivity contribution in [1.82, 2.24) is 10.2 Å². The summed E-state index contributed by atoms with van der Waals surface area (Å²) >= 11 is 0. The number of benzene rings is 1. The number of methoxy groups -OCH3 is 1. The van der Waals surface area contributed by atoms with Gasteiger partial charge < -0.3 is 15.0 Å². The second kappa shape index (κ2) is 9.07. The van der Waals surface area contributed by atoms with Crippen LogP contribution in [-0.4, -0.2) is 44.1 Å². The summed E-state index contributed by atoms with van der Waals surface area (Å²) in [5.74, 6) is 1.21. The van der Waals surface area contributed by atoms with E-state index in [0.717, 1.165) is 42.0 Å². The lowest BCUT2D eigenvalue weighted by molar-refractivity contribution is 0.0950. The molecule has 134 valence electrons. The van der Waals surface area contributed by atoms with Gasteiger partial charge in [-0.05, 0) is 75.0 Å². The Morgan fingerprint density at radius 2 is 1.96 bits per heavy atom. The molecule has 1 saturated heterocycles. The first-order valence-corrected chi connectivity index (χ1v) is 9.22. The van der Waals surface area contributed by atoms with Gasteiger partial charge in [-0.2, -0.15) is 0 Å². The molecule has 2 rings (SSSR count). The van der Waals surface area contributed by atoms with Gasteiger partial charge in [0.2, 0.25) is 0 Å². The highest BCUT2D eigenvalue weighted by Gasteiger charge is 2.16. The summed E-state index contributed by atoms with van der Waals surface area (Å²) in [5.41, 5.74) is 2.81. The molecule has 0 aliphatic carbocycles. The molecule has 0 spiro atoms. The maximum atomic E-state index is 12.5. The molecule has 4 nitrogen and oxygen atoms in total. The Bertz CT molecular complexity index is 549. The van der Waals surface area contributed by atoms with E-state index in [1.807, 2.05) is 19.1 Å². The second-order valence-corrected chi connectivity index (χ2v) is 7.08. The van der Waals surface area contributed by atoms with Gasteiger partial charge in [0, 0.05) is 12.1 Å². The molecule has 0 unspecified atom stereocenters. The summed E-state index contributed by atoms with van der Waals surface area (Å²) in [6.07, 6.45) is 5.00. The lowest BCUT2D eigenvalue weighted by atomic mass is 9.96. The van der Waals surface area contributed by atoms with Gasteiger partial charge in [-0.3, -0.25) is 4.79 Å². The molecule has 0 radical (unpaired) electrons. The van der Waals surface area contributed by atoms with Crippen LogP contribution in [0.2, 0.25) is 0 Å². The summed E-state index contributed by atoms with van der Waals surface area (Å²) in [6, 6.07) is 3.96. The molecular formula is C20H32N2O2. The molecule has 1 N–H and O–H groups in total. The van der Waals surface area contributed by atoms with Crippen LogP contribution < -0.4 is 10.1 Å². The van der Waals surface area contributed by atoms with Gasteiger partial charge in [-0.15, -0.1) is 0 Å². The predicted octanol–water partition coefficient (Wildman–Crippen LogP) is 3.73. The van der Waals surface area contributed by atoms with E-state index in [-0.39, 0.29) is 5.91 Å². The number of nitrogens with one attached hydrogen (secondary N) is 1. The van der Waals surface area contributed by atoms with Crippen LogP contribution in [0, 0.1) is 6.92 Å². The van der Waals surface area contributed by atoms with Crippen molar-refractivity contribution in [2.45, 2.75) is 52.4 Å². The van der Waals surface area contributed by atoms with Crippen LogP contribution in [0.25, 0.3) is 0 Å². The van der Waals surface area contributed by atoms with Crippen molar-refractivity contribution < 1.29 is 9.53 Å². The van der Waals surface area contributed by atoms with Crippen molar-refractivity contribution in [3.63, 3.8) is 0 Å². The van der Waals surface area contributed by atoms with Gasteiger partial charge in [0.15, 0.2) is 0 Å². The zero-order valence-corrected chi connectivity index (χ0v) is 15.7. The number of carbonyl (C=O) groups is 1. The molecule has 1 amide bonds. The van der Waals surface area contributed by atoms with E-state index in [4.69, 9.17) is 4.74 Å². The Morgan fingerprint density at radius 3 is 2.58 bits per heavy atom. The number of likely N-dealkylation sites (tertiary alicyclic amines) is 1. The van der Waals surface area contributed by atoms with Crippen LogP contribution in [-0.2, 0) is 0 Å². The average molecular weight is 332 g/mol. The molecule has 0 aromatic heterocycles. The highest BCUT2D eigenvalue weighted by Crippen LogP contribution is 2.29. The van der Waals surface area contributed by atoms with E-state index in [0.29, 0.717) is 5.92 Å². The standard InChI is InChI=1S/C20H32N2O2/c1-15(2)17-14-18(16(3)13-19(17)24-4)20(23)21-9-8-12-22-10-6-5-7-11-22/h13-15H,5-12H2,1-4H3,(H,21,23). The fourth-order valence-electron chi connectivity index (χ4n) is 3.35. The third kappa shape index (κ3) is 4.97. The number of ether oxygens (including phenoxy) is 1. The third-order valence-electron chi connectivity index (χ3n) is 4.83. The molecule has 1 heterocycles. The highest BCUT2D eigenvalue weighted by molar-refractivity contribution is 5.96. The van der Waals surface area contributed by atoms with Gasteiger partial charge in [0.25, 0.3) is 5.91 Å². The van der Waals surface area contributed by atoms with Crippen molar-refractivity contribution in [2.24, 2.45) is 0 Å². The Hall–Kier alpha value is -1.55. The van der Waals surface area contributed by atoms with E-state index in [9.17, 15) is 4.79 Å². The first-order valence-electron chi connectivity index (χ1n) is 9.22. The number of aryl methyl sites for hydroxylation is 1. The van der Waals surface area contributed by atoms with Crippen LogP contribution >= 0.6 is 0 Å². The third-order valence-corrected chi connectivity index (χ3v) is 4.83. The fourth-order valence-corrected chi connectivity index (χ4v) is 3.35. The molecule has 1 fully saturated rings. The Labute approximate surface area is 146 Å². The topological polar surface area (TPSA) is 41.6 Å². The molecule has 0 atom stereocenters. The number of carbonyl (C=O) groups excluding carboxylic acids is 1. The number of hydrogen-bond acceptors (Lipinski definition) is 3. The zero-order valence-electron chi connectivity index (χ0n) is 15.7. The fraction of sp³-hybridized carbons (Fsp3) is 0.650.